The Hall–Kier alpha value is -2.38. The SMILES string of the molecule is CCCC1=CC([Si](c2ccccc2)(c2ccccc2)C2C=CC(CCC)=C2)C=C1. The zero-order valence-electron chi connectivity index (χ0n) is 17.7. The fourth-order valence-electron chi connectivity index (χ4n) is 5.20. The topological polar surface area (TPSA) is 0 Å². The summed E-state index contributed by atoms with van der Waals surface area (Å²) in [4.78, 5) is 0. The van der Waals surface area contributed by atoms with Crippen LogP contribution in [0, 0.1) is 0 Å². The highest BCUT2D eigenvalue weighted by Gasteiger charge is 2.48. The van der Waals surface area contributed by atoms with Gasteiger partial charge in [-0.2, -0.15) is 0 Å². The van der Waals surface area contributed by atoms with Gasteiger partial charge in [-0.1, -0.05) is 145 Å². The summed E-state index contributed by atoms with van der Waals surface area (Å²) in [5, 5.41) is 3.08. The minimum atomic E-state index is -2.15. The molecule has 2 atom stereocenters. The first kappa shape index (κ1) is 19.9. The van der Waals surface area contributed by atoms with E-state index in [2.05, 4.69) is 111 Å². The maximum atomic E-state index is 2.59. The van der Waals surface area contributed by atoms with E-state index in [1.807, 2.05) is 0 Å². The molecule has 2 aromatic carbocycles. The monoisotopic (exact) mass is 396 g/mol. The van der Waals surface area contributed by atoms with Crippen molar-refractivity contribution in [3.05, 3.63) is 108 Å². The van der Waals surface area contributed by atoms with E-state index in [0.717, 1.165) is 0 Å². The third-order valence-electron chi connectivity index (χ3n) is 6.45. The minimum absolute atomic E-state index is 0.487. The zero-order chi connectivity index (χ0) is 20.1. The number of hydrogen-bond donors (Lipinski definition) is 0. The summed E-state index contributed by atoms with van der Waals surface area (Å²) in [5.74, 6) is 0. The lowest BCUT2D eigenvalue weighted by Crippen LogP contribution is -2.63. The molecule has 0 spiro atoms. The largest absolute Gasteiger partial charge is 0.138 e. The van der Waals surface area contributed by atoms with Crippen LogP contribution in [-0.4, -0.2) is 8.07 Å². The van der Waals surface area contributed by atoms with Crippen molar-refractivity contribution in [3.8, 4) is 0 Å². The Morgan fingerprint density at radius 2 is 1.03 bits per heavy atom. The molecule has 148 valence electrons. The molecule has 0 aromatic heterocycles. The Morgan fingerprint density at radius 3 is 1.41 bits per heavy atom. The van der Waals surface area contributed by atoms with Crippen molar-refractivity contribution in [2.75, 3.05) is 0 Å². The molecule has 2 unspecified atom stereocenters. The summed E-state index contributed by atoms with van der Waals surface area (Å²) in [6.45, 7) is 4.56. The molecule has 0 heterocycles. The molecule has 2 aliphatic carbocycles. The Morgan fingerprint density at radius 1 is 0.621 bits per heavy atom. The van der Waals surface area contributed by atoms with Gasteiger partial charge < -0.3 is 0 Å². The van der Waals surface area contributed by atoms with Gasteiger partial charge in [0.25, 0.3) is 0 Å². The predicted octanol–water partition coefficient (Wildman–Crippen LogP) is 6.58. The molecule has 2 aliphatic rings. The summed E-state index contributed by atoms with van der Waals surface area (Å²) in [7, 11) is -2.15. The van der Waals surface area contributed by atoms with Crippen LogP contribution in [0.4, 0.5) is 0 Å². The lowest BCUT2D eigenvalue weighted by molar-refractivity contribution is 0.925. The molecule has 0 radical (unpaired) electrons. The van der Waals surface area contributed by atoms with Crippen molar-refractivity contribution >= 4 is 18.4 Å². The Kier molecular flexibility index (Phi) is 6.15. The van der Waals surface area contributed by atoms with Gasteiger partial charge >= 0.3 is 0 Å². The van der Waals surface area contributed by atoms with E-state index in [4.69, 9.17) is 0 Å². The zero-order valence-corrected chi connectivity index (χ0v) is 18.7. The van der Waals surface area contributed by atoms with E-state index in [-0.39, 0.29) is 0 Å². The molecule has 0 aliphatic heterocycles. The summed E-state index contributed by atoms with van der Waals surface area (Å²) in [5.41, 5.74) is 4.00. The van der Waals surface area contributed by atoms with Crippen LogP contribution >= 0.6 is 0 Å². The van der Waals surface area contributed by atoms with Gasteiger partial charge in [-0.05, 0) is 12.8 Å². The summed E-state index contributed by atoms with van der Waals surface area (Å²) in [6.07, 6.45) is 19.8. The quantitative estimate of drug-likeness (QED) is 0.442. The summed E-state index contributed by atoms with van der Waals surface area (Å²) >= 11 is 0. The smallest absolute Gasteiger partial charge is 0.0793 e. The van der Waals surface area contributed by atoms with Crippen LogP contribution in [0.15, 0.2) is 108 Å². The fraction of sp³-hybridized carbons (Fsp3) is 0.286. The molecule has 4 rings (SSSR count). The molecule has 2 aromatic rings. The molecule has 29 heavy (non-hydrogen) atoms. The second kappa shape index (κ2) is 8.96. The van der Waals surface area contributed by atoms with Crippen LogP contribution in [0.5, 0.6) is 0 Å². The van der Waals surface area contributed by atoms with Gasteiger partial charge in [0.15, 0.2) is 0 Å². The molecule has 0 nitrogen and oxygen atoms in total. The van der Waals surface area contributed by atoms with Gasteiger partial charge in [0.05, 0.1) is 0 Å². The highest BCUT2D eigenvalue weighted by molar-refractivity contribution is 7.05. The Balaban J connectivity index is 1.93. The van der Waals surface area contributed by atoms with Crippen molar-refractivity contribution in [2.45, 2.75) is 50.6 Å². The average Bonchev–Trinajstić information content (AvgIpc) is 3.42. The van der Waals surface area contributed by atoms with Gasteiger partial charge in [-0.3, -0.25) is 0 Å². The van der Waals surface area contributed by atoms with Crippen LogP contribution in [0.3, 0.4) is 0 Å². The summed E-state index contributed by atoms with van der Waals surface area (Å²) in [6, 6.07) is 22.8. The van der Waals surface area contributed by atoms with E-state index in [0.29, 0.717) is 11.1 Å². The third kappa shape index (κ3) is 3.76. The van der Waals surface area contributed by atoms with Crippen molar-refractivity contribution in [2.24, 2.45) is 0 Å². The van der Waals surface area contributed by atoms with Gasteiger partial charge in [0.2, 0.25) is 0 Å². The second-order valence-corrected chi connectivity index (χ2v) is 12.6. The van der Waals surface area contributed by atoms with Crippen molar-refractivity contribution in [3.63, 3.8) is 0 Å². The number of rotatable bonds is 8. The van der Waals surface area contributed by atoms with Crippen LogP contribution in [0.2, 0.25) is 11.1 Å². The molecule has 0 amide bonds. The summed E-state index contributed by atoms with van der Waals surface area (Å²) < 4.78 is 0. The molecule has 0 N–H and O–H groups in total. The lowest BCUT2D eigenvalue weighted by Gasteiger charge is -2.40. The first-order valence-corrected chi connectivity index (χ1v) is 13.3. The van der Waals surface area contributed by atoms with Gasteiger partial charge in [-0.15, -0.1) is 0 Å². The van der Waals surface area contributed by atoms with Crippen molar-refractivity contribution in [1.82, 2.24) is 0 Å². The minimum Gasteiger partial charge on any atom is -0.0793 e. The molecule has 0 saturated carbocycles. The predicted molar refractivity (Wildman–Crippen MR) is 130 cm³/mol. The van der Waals surface area contributed by atoms with E-state index in [1.165, 1.54) is 36.8 Å². The fourth-order valence-corrected chi connectivity index (χ4v) is 10.8. The molecule has 1 heteroatoms. The second-order valence-electron chi connectivity index (χ2n) is 8.35. The number of allylic oxidation sites excluding steroid dienone is 8. The van der Waals surface area contributed by atoms with Crippen LogP contribution in [0.1, 0.15) is 39.5 Å². The number of benzene rings is 2. The first-order chi connectivity index (χ1) is 14.3. The average molecular weight is 397 g/mol. The lowest BCUT2D eigenvalue weighted by atomic mass is 10.2. The van der Waals surface area contributed by atoms with Gasteiger partial charge in [0, 0.05) is 11.1 Å². The van der Waals surface area contributed by atoms with Gasteiger partial charge in [0.1, 0.15) is 8.07 Å². The van der Waals surface area contributed by atoms with Crippen molar-refractivity contribution in [1.29, 1.82) is 0 Å². The van der Waals surface area contributed by atoms with Crippen molar-refractivity contribution < 1.29 is 0 Å². The van der Waals surface area contributed by atoms with Crippen LogP contribution in [0.25, 0.3) is 0 Å². The van der Waals surface area contributed by atoms with E-state index < -0.39 is 8.07 Å². The Bertz CT molecular complexity index is 851. The highest BCUT2D eigenvalue weighted by atomic mass is 28.3. The molecule has 0 fully saturated rings. The molecule has 0 bridgehead atoms. The van der Waals surface area contributed by atoms with E-state index in [9.17, 15) is 0 Å². The van der Waals surface area contributed by atoms with Crippen LogP contribution < -0.4 is 10.4 Å². The first-order valence-electron chi connectivity index (χ1n) is 11.2. The highest BCUT2D eigenvalue weighted by Crippen LogP contribution is 2.43. The maximum absolute atomic E-state index is 2.59. The Labute approximate surface area is 177 Å². The number of hydrogen-bond acceptors (Lipinski definition) is 0. The standard InChI is InChI=1S/C28H32Si/c1-3-11-23-17-19-27(21-23)29(25-13-7-5-8-14-25,26-15-9-6-10-16-26)28-20-18-24(22-28)12-4-2/h5-10,13-22,27-28H,3-4,11-12H2,1-2H3. The van der Waals surface area contributed by atoms with Crippen LogP contribution in [-0.2, 0) is 0 Å². The molecule has 0 saturated heterocycles. The normalized spacial score (nSPS) is 20.8. The molecular formula is C28H32Si. The maximum Gasteiger partial charge on any atom is 0.138 e. The van der Waals surface area contributed by atoms with E-state index in [1.54, 1.807) is 10.4 Å². The third-order valence-corrected chi connectivity index (χ3v) is 11.9. The molecular weight excluding hydrogens is 364 g/mol. The van der Waals surface area contributed by atoms with E-state index >= 15 is 0 Å². The van der Waals surface area contributed by atoms with Gasteiger partial charge in [-0.25, -0.2) is 0 Å².